The van der Waals surface area contributed by atoms with Crippen LogP contribution in [0.4, 0.5) is 0 Å². The largest absolute Gasteiger partial charge is 0.330 e. The first-order valence-corrected chi connectivity index (χ1v) is 6.86. The van der Waals surface area contributed by atoms with E-state index in [1.165, 1.54) is 0 Å². The molecule has 1 aliphatic rings. The Hall–Kier alpha value is -1.24. The van der Waals surface area contributed by atoms with Crippen LogP contribution in [0.3, 0.4) is 0 Å². The fraction of sp³-hybridized carbons (Fsp3) is 0.692. The lowest BCUT2D eigenvalue weighted by molar-refractivity contribution is 0.0862. The molecule has 1 fully saturated rings. The maximum Gasteiger partial charge on any atom is 0.233 e. The van der Waals surface area contributed by atoms with Gasteiger partial charge in [-0.3, -0.25) is 9.36 Å². The average Bonchev–Trinajstić information content (AvgIpc) is 2.87. The molecule has 2 rings (SSSR count). The van der Waals surface area contributed by atoms with Crippen LogP contribution in [0, 0.1) is 0 Å². The van der Waals surface area contributed by atoms with Crippen molar-refractivity contribution in [3.8, 4) is 0 Å². The minimum atomic E-state index is 0.106. The van der Waals surface area contributed by atoms with Crippen molar-refractivity contribution in [1.82, 2.24) is 19.4 Å². The van der Waals surface area contributed by atoms with Crippen LogP contribution in [0.25, 0.3) is 0 Å². The number of likely N-dealkylation sites (N-methyl/N-ethyl adjacent to an activating group) is 1. The van der Waals surface area contributed by atoms with E-state index in [0.29, 0.717) is 13.0 Å². The monoisotopic (exact) mass is 265 g/mol. The van der Waals surface area contributed by atoms with Gasteiger partial charge in [-0.25, -0.2) is 4.98 Å². The molecule has 0 bridgehead atoms. The van der Waals surface area contributed by atoms with E-state index >= 15 is 0 Å². The van der Waals surface area contributed by atoms with Crippen LogP contribution >= 0.6 is 0 Å². The Bertz CT molecular complexity index is 409. The summed E-state index contributed by atoms with van der Waals surface area (Å²) >= 11 is 0. The van der Waals surface area contributed by atoms with E-state index in [2.05, 4.69) is 21.8 Å². The van der Waals surface area contributed by atoms with Gasteiger partial charge in [0.15, 0.2) is 0 Å². The highest BCUT2D eigenvalue weighted by Crippen LogP contribution is 2.03. The molecule has 106 valence electrons. The normalized spacial score (nSPS) is 17.8. The molecule has 0 atom stereocenters. The van der Waals surface area contributed by atoms with Gasteiger partial charge in [0.2, 0.25) is 5.91 Å². The molecule has 0 radical (unpaired) electrons. The summed E-state index contributed by atoms with van der Waals surface area (Å²) in [5.74, 6) is 0.106. The maximum absolute atomic E-state index is 12.0. The first-order chi connectivity index (χ1) is 9.19. The van der Waals surface area contributed by atoms with Crippen LogP contribution in [0.15, 0.2) is 12.5 Å². The van der Waals surface area contributed by atoms with Crippen molar-refractivity contribution >= 4 is 5.91 Å². The molecule has 2 heterocycles. The number of imidazole rings is 1. The summed E-state index contributed by atoms with van der Waals surface area (Å²) in [6.45, 7) is 5.65. The van der Waals surface area contributed by atoms with Crippen LogP contribution in [0.1, 0.15) is 16.9 Å². The lowest BCUT2D eigenvalue weighted by Gasteiger charge is -2.32. The molecule has 0 amide bonds. The van der Waals surface area contributed by atoms with Gasteiger partial charge in [0.05, 0.1) is 5.69 Å². The molecule has 0 aromatic carbocycles. The topological polar surface area (TPSA) is 67.4 Å². The summed E-state index contributed by atoms with van der Waals surface area (Å²) in [7, 11) is 2.13. The molecule has 0 unspecified atom stereocenters. The van der Waals surface area contributed by atoms with Gasteiger partial charge in [0.1, 0.15) is 6.33 Å². The Labute approximate surface area is 114 Å². The van der Waals surface area contributed by atoms with Crippen LogP contribution in [-0.2, 0) is 6.42 Å². The van der Waals surface area contributed by atoms with Crippen LogP contribution in [0.2, 0.25) is 0 Å². The van der Waals surface area contributed by atoms with Gasteiger partial charge in [-0.15, -0.1) is 0 Å². The predicted molar refractivity (Wildman–Crippen MR) is 74.2 cm³/mol. The minimum absolute atomic E-state index is 0.106. The van der Waals surface area contributed by atoms with E-state index in [1.54, 1.807) is 17.1 Å². The number of aromatic nitrogens is 2. The van der Waals surface area contributed by atoms with Crippen LogP contribution in [0.5, 0.6) is 0 Å². The Morgan fingerprint density at radius 3 is 2.79 bits per heavy atom. The smallest absolute Gasteiger partial charge is 0.233 e. The Kier molecular flexibility index (Phi) is 5.07. The molecule has 2 N–H and O–H groups in total. The van der Waals surface area contributed by atoms with Crippen LogP contribution in [-0.4, -0.2) is 71.6 Å². The van der Waals surface area contributed by atoms with Gasteiger partial charge in [-0.2, -0.15) is 0 Å². The van der Waals surface area contributed by atoms with Crippen molar-refractivity contribution in [2.45, 2.75) is 12.8 Å². The predicted octanol–water partition coefficient (Wildman–Crippen LogP) is -0.338. The first kappa shape index (κ1) is 14.2. The quantitative estimate of drug-likeness (QED) is 0.789. The third-order valence-electron chi connectivity index (χ3n) is 3.56. The Balaban J connectivity index is 1.77. The number of piperazine rings is 1. The van der Waals surface area contributed by atoms with E-state index in [-0.39, 0.29) is 5.91 Å². The molecule has 0 spiro atoms. The molecule has 0 saturated carbocycles. The standard InChI is InChI=1S/C13H23N5O/c1-16-6-8-17(9-7-16)5-3-13(19)18-10-12(2-4-14)15-11-18/h10-11H,2-9,14H2,1H3. The zero-order valence-corrected chi connectivity index (χ0v) is 11.6. The number of hydrogen-bond acceptors (Lipinski definition) is 5. The highest BCUT2D eigenvalue weighted by Gasteiger charge is 2.15. The number of carbonyl (C=O) groups excluding carboxylic acids is 1. The molecule has 6 heteroatoms. The molecule has 1 saturated heterocycles. The van der Waals surface area contributed by atoms with Crippen molar-refractivity contribution in [3.05, 3.63) is 18.2 Å². The number of nitrogens with zero attached hydrogens (tertiary/aromatic N) is 4. The van der Waals surface area contributed by atoms with Gasteiger partial charge < -0.3 is 15.5 Å². The molecule has 1 aromatic heterocycles. The number of carbonyl (C=O) groups is 1. The van der Waals surface area contributed by atoms with Crippen molar-refractivity contribution in [1.29, 1.82) is 0 Å². The maximum atomic E-state index is 12.0. The third kappa shape index (κ3) is 4.12. The number of hydrogen-bond donors (Lipinski definition) is 1. The average molecular weight is 265 g/mol. The van der Waals surface area contributed by atoms with Gasteiger partial charge in [-0.1, -0.05) is 0 Å². The molecular weight excluding hydrogens is 242 g/mol. The molecule has 0 aliphatic carbocycles. The van der Waals surface area contributed by atoms with Crippen molar-refractivity contribution < 1.29 is 4.79 Å². The van der Waals surface area contributed by atoms with Gasteiger partial charge >= 0.3 is 0 Å². The summed E-state index contributed by atoms with van der Waals surface area (Å²) in [6.07, 6.45) is 4.65. The van der Waals surface area contributed by atoms with E-state index < -0.39 is 0 Å². The molecule has 1 aromatic rings. The number of nitrogens with two attached hydrogens (primary N) is 1. The van der Waals surface area contributed by atoms with Gasteiger partial charge in [0, 0.05) is 51.8 Å². The van der Waals surface area contributed by atoms with Crippen LogP contribution < -0.4 is 5.73 Å². The third-order valence-corrected chi connectivity index (χ3v) is 3.56. The zero-order chi connectivity index (χ0) is 13.7. The minimum Gasteiger partial charge on any atom is -0.330 e. The van der Waals surface area contributed by atoms with E-state index in [0.717, 1.165) is 44.8 Å². The Morgan fingerprint density at radius 2 is 2.11 bits per heavy atom. The van der Waals surface area contributed by atoms with E-state index in [4.69, 9.17) is 5.73 Å². The lowest BCUT2D eigenvalue weighted by Crippen LogP contribution is -2.45. The highest BCUT2D eigenvalue weighted by atomic mass is 16.2. The van der Waals surface area contributed by atoms with E-state index in [1.807, 2.05) is 0 Å². The summed E-state index contributed by atoms with van der Waals surface area (Å²) in [4.78, 5) is 20.9. The molecular formula is C13H23N5O. The summed E-state index contributed by atoms with van der Waals surface area (Å²) in [6, 6.07) is 0. The fourth-order valence-electron chi connectivity index (χ4n) is 2.23. The highest BCUT2D eigenvalue weighted by molar-refractivity contribution is 5.78. The second-order valence-corrected chi connectivity index (χ2v) is 5.10. The lowest BCUT2D eigenvalue weighted by atomic mass is 10.3. The second-order valence-electron chi connectivity index (χ2n) is 5.10. The Morgan fingerprint density at radius 1 is 1.37 bits per heavy atom. The molecule has 19 heavy (non-hydrogen) atoms. The van der Waals surface area contributed by atoms with Crippen molar-refractivity contribution in [2.75, 3.05) is 46.3 Å². The second kappa shape index (κ2) is 6.79. The zero-order valence-electron chi connectivity index (χ0n) is 11.6. The van der Waals surface area contributed by atoms with Gasteiger partial charge in [0.25, 0.3) is 0 Å². The molecule has 6 nitrogen and oxygen atoms in total. The summed E-state index contributed by atoms with van der Waals surface area (Å²) in [5, 5.41) is 0. The van der Waals surface area contributed by atoms with Crippen molar-refractivity contribution in [3.63, 3.8) is 0 Å². The fourth-order valence-corrected chi connectivity index (χ4v) is 2.23. The van der Waals surface area contributed by atoms with E-state index in [9.17, 15) is 4.79 Å². The summed E-state index contributed by atoms with van der Waals surface area (Å²) in [5.41, 5.74) is 6.35. The first-order valence-electron chi connectivity index (χ1n) is 6.86. The van der Waals surface area contributed by atoms with Crippen molar-refractivity contribution in [2.24, 2.45) is 5.73 Å². The van der Waals surface area contributed by atoms with Gasteiger partial charge in [-0.05, 0) is 13.6 Å². The molecule has 1 aliphatic heterocycles. The number of rotatable bonds is 5. The summed E-state index contributed by atoms with van der Waals surface area (Å²) < 4.78 is 1.58. The SMILES string of the molecule is CN1CCN(CCC(=O)n2cnc(CCN)c2)CC1.